The van der Waals surface area contributed by atoms with Crippen molar-refractivity contribution in [3.8, 4) is 0 Å². The van der Waals surface area contributed by atoms with Crippen LogP contribution < -0.4 is 5.32 Å². The molecular formula is C17H21F2NO. The summed E-state index contributed by atoms with van der Waals surface area (Å²) in [5.41, 5.74) is 0.600. The number of benzene rings is 1. The molecule has 0 aliphatic rings. The molecule has 0 saturated heterocycles. The summed E-state index contributed by atoms with van der Waals surface area (Å²) in [5.74, 6) is -0.124. The van der Waals surface area contributed by atoms with Crippen molar-refractivity contribution >= 4 is 0 Å². The van der Waals surface area contributed by atoms with E-state index in [0.717, 1.165) is 18.7 Å². The molecule has 0 bridgehead atoms. The van der Waals surface area contributed by atoms with E-state index in [4.69, 9.17) is 4.42 Å². The SMILES string of the molecule is CCCNC(CCc1ccco1)c1c(F)ccc(C)c1F. The highest BCUT2D eigenvalue weighted by Gasteiger charge is 2.21. The largest absolute Gasteiger partial charge is 0.469 e. The Hall–Kier alpha value is -1.68. The molecule has 21 heavy (non-hydrogen) atoms. The van der Waals surface area contributed by atoms with Crippen LogP contribution in [-0.4, -0.2) is 6.54 Å². The first kappa shape index (κ1) is 15.7. The molecular weight excluding hydrogens is 272 g/mol. The zero-order valence-corrected chi connectivity index (χ0v) is 12.5. The topological polar surface area (TPSA) is 25.2 Å². The lowest BCUT2D eigenvalue weighted by Crippen LogP contribution is -2.25. The first-order valence-corrected chi connectivity index (χ1v) is 7.33. The third kappa shape index (κ3) is 3.91. The molecule has 0 saturated carbocycles. The van der Waals surface area contributed by atoms with E-state index in [0.29, 0.717) is 18.4 Å². The molecule has 4 heteroatoms. The first-order chi connectivity index (χ1) is 10.1. The summed E-state index contributed by atoms with van der Waals surface area (Å²) in [6.07, 6.45) is 3.75. The Morgan fingerprint density at radius 2 is 2.05 bits per heavy atom. The maximum Gasteiger partial charge on any atom is 0.133 e. The monoisotopic (exact) mass is 293 g/mol. The fourth-order valence-electron chi connectivity index (χ4n) is 2.41. The predicted molar refractivity (Wildman–Crippen MR) is 79.2 cm³/mol. The standard InChI is InChI=1S/C17H21F2NO/c1-3-10-20-15(9-7-13-5-4-11-21-13)16-14(18)8-6-12(2)17(16)19/h4-6,8,11,15,20H,3,7,9-10H2,1-2H3. The number of hydrogen-bond donors (Lipinski definition) is 1. The fraction of sp³-hybridized carbons (Fsp3) is 0.412. The molecule has 1 atom stereocenters. The van der Waals surface area contributed by atoms with Gasteiger partial charge >= 0.3 is 0 Å². The minimum Gasteiger partial charge on any atom is -0.469 e. The van der Waals surface area contributed by atoms with Crippen LogP contribution in [0.15, 0.2) is 34.9 Å². The average Bonchev–Trinajstić information content (AvgIpc) is 2.98. The van der Waals surface area contributed by atoms with Crippen molar-refractivity contribution in [2.75, 3.05) is 6.54 Å². The van der Waals surface area contributed by atoms with Gasteiger partial charge in [0.15, 0.2) is 0 Å². The maximum absolute atomic E-state index is 14.3. The number of rotatable bonds is 7. The summed E-state index contributed by atoms with van der Waals surface area (Å²) in [4.78, 5) is 0. The first-order valence-electron chi connectivity index (χ1n) is 7.33. The Kier molecular flexibility index (Phi) is 5.51. The third-order valence-corrected chi connectivity index (χ3v) is 3.57. The van der Waals surface area contributed by atoms with Crippen LogP contribution in [0.3, 0.4) is 0 Å². The van der Waals surface area contributed by atoms with Crippen molar-refractivity contribution in [3.05, 3.63) is 59.1 Å². The van der Waals surface area contributed by atoms with Gasteiger partial charge in [-0.25, -0.2) is 8.78 Å². The van der Waals surface area contributed by atoms with Gasteiger partial charge in [-0.1, -0.05) is 13.0 Å². The van der Waals surface area contributed by atoms with E-state index in [2.05, 4.69) is 5.32 Å². The second-order valence-electron chi connectivity index (χ2n) is 5.22. The normalized spacial score (nSPS) is 12.6. The minimum atomic E-state index is -0.494. The van der Waals surface area contributed by atoms with Gasteiger partial charge in [-0.3, -0.25) is 0 Å². The van der Waals surface area contributed by atoms with Gasteiger partial charge in [0, 0.05) is 18.0 Å². The number of halogens is 2. The van der Waals surface area contributed by atoms with Crippen LogP contribution in [0.1, 0.15) is 42.7 Å². The lowest BCUT2D eigenvalue weighted by atomic mass is 9.98. The molecule has 0 spiro atoms. The molecule has 1 aromatic heterocycles. The van der Waals surface area contributed by atoms with Gasteiger partial charge in [0.05, 0.1) is 6.26 Å². The van der Waals surface area contributed by atoms with Crippen molar-refractivity contribution in [3.63, 3.8) is 0 Å². The lowest BCUT2D eigenvalue weighted by Gasteiger charge is -2.20. The number of furan rings is 1. The Balaban J connectivity index is 2.20. The van der Waals surface area contributed by atoms with Crippen molar-refractivity contribution in [1.29, 1.82) is 0 Å². The van der Waals surface area contributed by atoms with Crippen LogP contribution in [0.4, 0.5) is 8.78 Å². The maximum atomic E-state index is 14.3. The van der Waals surface area contributed by atoms with Gasteiger partial charge in [0.2, 0.25) is 0 Å². The van der Waals surface area contributed by atoms with E-state index in [9.17, 15) is 8.78 Å². The Labute approximate surface area is 124 Å². The lowest BCUT2D eigenvalue weighted by molar-refractivity contribution is 0.423. The average molecular weight is 293 g/mol. The van der Waals surface area contributed by atoms with Gasteiger partial charge in [0.1, 0.15) is 17.4 Å². The van der Waals surface area contributed by atoms with Crippen molar-refractivity contribution in [2.45, 2.75) is 39.2 Å². The molecule has 1 unspecified atom stereocenters. The highest BCUT2D eigenvalue weighted by Crippen LogP contribution is 2.27. The summed E-state index contributed by atoms with van der Waals surface area (Å²) >= 11 is 0. The fourth-order valence-corrected chi connectivity index (χ4v) is 2.41. The second kappa shape index (κ2) is 7.36. The van der Waals surface area contributed by atoms with Crippen LogP contribution in [0.25, 0.3) is 0 Å². The zero-order valence-electron chi connectivity index (χ0n) is 12.5. The van der Waals surface area contributed by atoms with Crippen LogP contribution in [0.5, 0.6) is 0 Å². The molecule has 1 N–H and O–H groups in total. The van der Waals surface area contributed by atoms with Crippen molar-refractivity contribution < 1.29 is 13.2 Å². The minimum absolute atomic E-state index is 0.134. The molecule has 0 fully saturated rings. The van der Waals surface area contributed by atoms with E-state index >= 15 is 0 Å². The molecule has 1 heterocycles. The van der Waals surface area contributed by atoms with E-state index in [-0.39, 0.29) is 11.6 Å². The molecule has 0 aliphatic heterocycles. The van der Waals surface area contributed by atoms with Crippen LogP contribution in [0.2, 0.25) is 0 Å². The summed E-state index contributed by atoms with van der Waals surface area (Å²) in [5, 5.41) is 3.24. The number of hydrogen-bond acceptors (Lipinski definition) is 2. The molecule has 114 valence electrons. The Morgan fingerprint density at radius 1 is 1.24 bits per heavy atom. The van der Waals surface area contributed by atoms with Gasteiger partial charge in [0.25, 0.3) is 0 Å². The molecule has 2 nitrogen and oxygen atoms in total. The van der Waals surface area contributed by atoms with Crippen LogP contribution >= 0.6 is 0 Å². The molecule has 2 rings (SSSR count). The van der Waals surface area contributed by atoms with Crippen LogP contribution in [0, 0.1) is 18.6 Å². The predicted octanol–water partition coefficient (Wildman–Crippen LogP) is 4.54. The molecule has 0 radical (unpaired) electrons. The summed E-state index contributed by atoms with van der Waals surface area (Å²) in [6.45, 7) is 4.40. The Morgan fingerprint density at radius 3 is 2.71 bits per heavy atom. The molecule has 0 amide bonds. The van der Waals surface area contributed by atoms with Crippen LogP contribution in [-0.2, 0) is 6.42 Å². The van der Waals surface area contributed by atoms with Gasteiger partial charge in [-0.15, -0.1) is 0 Å². The highest BCUT2D eigenvalue weighted by atomic mass is 19.1. The summed E-state index contributed by atoms with van der Waals surface area (Å²) in [6, 6.07) is 6.14. The second-order valence-corrected chi connectivity index (χ2v) is 5.22. The van der Waals surface area contributed by atoms with Crippen molar-refractivity contribution in [2.24, 2.45) is 0 Å². The number of aryl methyl sites for hydroxylation is 2. The summed E-state index contributed by atoms with van der Waals surface area (Å²) < 4.78 is 33.7. The van der Waals surface area contributed by atoms with Crippen molar-refractivity contribution in [1.82, 2.24) is 5.32 Å². The van der Waals surface area contributed by atoms with E-state index in [1.54, 1.807) is 13.2 Å². The van der Waals surface area contributed by atoms with Gasteiger partial charge in [-0.05, 0) is 50.1 Å². The van der Waals surface area contributed by atoms with E-state index < -0.39 is 11.6 Å². The Bertz CT molecular complexity index is 566. The summed E-state index contributed by atoms with van der Waals surface area (Å²) in [7, 11) is 0. The highest BCUT2D eigenvalue weighted by molar-refractivity contribution is 5.29. The van der Waals surface area contributed by atoms with E-state index in [1.165, 1.54) is 12.1 Å². The van der Waals surface area contributed by atoms with Gasteiger partial charge < -0.3 is 9.73 Å². The molecule has 1 aromatic carbocycles. The smallest absolute Gasteiger partial charge is 0.133 e. The van der Waals surface area contributed by atoms with Gasteiger partial charge in [-0.2, -0.15) is 0 Å². The molecule has 2 aromatic rings. The van der Waals surface area contributed by atoms with E-state index in [1.807, 2.05) is 19.1 Å². The zero-order chi connectivity index (χ0) is 15.2. The molecule has 0 aliphatic carbocycles. The quantitative estimate of drug-likeness (QED) is 0.810. The third-order valence-electron chi connectivity index (χ3n) is 3.57. The number of nitrogens with one attached hydrogen (secondary N) is 1.